The van der Waals surface area contributed by atoms with E-state index in [1.54, 1.807) is 0 Å². The van der Waals surface area contributed by atoms with Crippen LogP contribution in [0.5, 0.6) is 0 Å². The lowest BCUT2D eigenvalue weighted by atomic mass is 9.40. The van der Waals surface area contributed by atoms with Crippen molar-refractivity contribution in [1.29, 1.82) is 0 Å². The highest BCUT2D eigenvalue weighted by Gasteiger charge is 2.60. The Morgan fingerprint density at radius 2 is 1.60 bits per heavy atom. The van der Waals surface area contributed by atoms with E-state index in [2.05, 4.69) is 23.5 Å². The predicted octanol–water partition coefficient (Wildman–Crippen LogP) is 5.32. The zero-order valence-corrected chi connectivity index (χ0v) is 16.3. The Morgan fingerprint density at radius 3 is 2.36 bits per heavy atom. The van der Waals surface area contributed by atoms with E-state index in [1.165, 1.54) is 88.7 Å². The summed E-state index contributed by atoms with van der Waals surface area (Å²) in [7, 11) is 0. The molecule has 3 heteroatoms. The van der Waals surface area contributed by atoms with Crippen molar-refractivity contribution in [3.8, 4) is 0 Å². The largest absolute Gasteiger partial charge is 0.315 e. The van der Waals surface area contributed by atoms with Crippen LogP contribution in [0.25, 0.3) is 0 Å². The van der Waals surface area contributed by atoms with Gasteiger partial charge in [-0.05, 0) is 73.5 Å². The minimum absolute atomic E-state index is 0.519. The molecule has 5 aliphatic rings. The van der Waals surface area contributed by atoms with Crippen molar-refractivity contribution < 1.29 is 0 Å². The van der Waals surface area contributed by atoms with Gasteiger partial charge in [-0.1, -0.05) is 33.1 Å². The van der Waals surface area contributed by atoms with Crippen molar-refractivity contribution >= 4 is 0 Å². The van der Waals surface area contributed by atoms with Gasteiger partial charge >= 0.3 is 0 Å². The molecule has 1 aliphatic heterocycles. The van der Waals surface area contributed by atoms with Crippen LogP contribution >= 0.6 is 0 Å². The molecule has 1 aromatic rings. The summed E-state index contributed by atoms with van der Waals surface area (Å²) in [6.45, 7) is 6.33. The molecule has 0 radical (unpaired) electrons. The summed E-state index contributed by atoms with van der Waals surface area (Å²) in [6.07, 6.45) is 17.9. The number of aromatic nitrogens is 3. The summed E-state index contributed by atoms with van der Waals surface area (Å²) in [5.74, 6) is 3.58. The van der Waals surface area contributed by atoms with Gasteiger partial charge < -0.3 is 4.57 Å². The third-order valence-corrected chi connectivity index (χ3v) is 7.96. The highest BCUT2D eigenvalue weighted by Crippen LogP contribution is 2.70. The van der Waals surface area contributed by atoms with E-state index in [4.69, 9.17) is 5.10 Å². The van der Waals surface area contributed by atoms with Gasteiger partial charge in [0.1, 0.15) is 11.6 Å². The Kier molecular flexibility index (Phi) is 3.63. The number of rotatable bonds is 2. The first-order valence-electron chi connectivity index (χ1n) is 10.9. The SMILES string of the molecule is CC12CC3CC(C)(C1)CC(Cc1nnc4n1CCCCCCC4)(C3)C2. The molecule has 0 spiro atoms. The Bertz CT molecular complexity index is 642. The fourth-order valence-corrected chi connectivity index (χ4v) is 8.25. The second kappa shape index (κ2) is 5.57. The summed E-state index contributed by atoms with van der Waals surface area (Å²) in [6, 6.07) is 0. The van der Waals surface area contributed by atoms with E-state index in [0.29, 0.717) is 16.2 Å². The Morgan fingerprint density at radius 1 is 0.880 bits per heavy atom. The Balaban J connectivity index is 1.44. The average molecular weight is 342 g/mol. The maximum atomic E-state index is 4.75. The number of nitrogens with zero attached hydrogens (tertiary/aromatic N) is 3. The van der Waals surface area contributed by atoms with Gasteiger partial charge in [0.25, 0.3) is 0 Å². The zero-order chi connectivity index (χ0) is 17.1. The second-order valence-corrected chi connectivity index (χ2v) is 11.0. The first-order valence-corrected chi connectivity index (χ1v) is 10.9. The molecule has 3 nitrogen and oxygen atoms in total. The Labute approximate surface area is 153 Å². The molecule has 2 atom stereocenters. The van der Waals surface area contributed by atoms with Crippen molar-refractivity contribution in [3.63, 3.8) is 0 Å². The van der Waals surface area contributed by atoms with E-state index in [0.717, 1.165) is 18.9 Å². The molecule has 0 aromatic carbocycles. The summed E-state index contributed by atoms with van der Waals surface area (Å²) in [5, 5.41) is 9.39. The highest BCUT2D eigenvalue weighted by atomic mass is 15.3. The van der Waals surface area contributed by atoms with E-state index < -0.39 is 0 Å². The van der Waals surface area contributed by atoms with Crippen molar-refractivity contribution in [1.82, 2.24) is 14.8 Å². The van der Waals surface area contributed by atoms with Gasteiger partial charge in [0, 0.05) is 19.4 Å². The van der Waals surface area contributed by atoms with Gasteiger partial charge in [0.05, 0.1) is 0 Å². The van der Waals surface area contributed by atoms with Crippen molar-refractivity contribution in [2.24, 2.45) is 22.2 Å². The molecule has 0 amide bonds. The average Bonchev–Trinajstić information content (AvgIpc) is 2.88. The number of fused-ring (bicyclic) bond motifs is 1. The molecule has 2 unspecified atom stereocenters. The van der Waals surface area contributed by atoms with Crippen LogP contribution in [0.15, 0.2) is 0 Å². The number of hydrogen-bond donors (Lipinski definition) is 0. The van der Waals surface area contributed by atoms with E-state index in [-0.39, 0.29) is 0 Å². The molecule has 1 aromatic heterocycles. The second-order valence-electron chi connectivity index (χ2n) is 11.0. The van der Waals surface area contributed by atoms with Crippen molar-refractivity contribution in [2.75, 3.05) is 0 Å². The smallest absolute Gasteiger partial charge is 0.133 e. The lowest BCUT2D eigenvalue weighted by molar-refractivity contribution is -0.145. The molecule has 4 bridgehead atoms. The third-order valence-electron chi connectivity index (χ3n) is 7.96. The molecule has 6 rings (SSSR count). The molecule has 0 saturated heterocycles. The normalized spacial score (nSPS) is 43.4. The first-order chi connectivity index (χ1) is 12.0. The highest BCUT2D eigenvalue weighted by molar-refractivity contribution is 5.13. The Hall–Kier alpha value is -0.860. The predicted molar refractivity (Wildman–Crippen MR) is 100 cm³/mol. The van der Waals surface area contributed by atoms with Gasteiger partial charge in [-0.25, -0.2) is 0 Å². The van der Waals surface area contributed by atoms with Gasteiger partial charge in [0.15, 0.2) is 0 Å². The molecule has 25 heavy (non-hydrogen) atoms. The van der Waals surface area contributed by atoms with Crippen LogP contribution < -0.4 is 0 Å². The third kappa shape index (κ3) is 2.86. The zero-order valence-electron chi connectivity index (χ0n) is 16.3. The fourth-order valence-electron chi connectivity index (χ4n) is 8.25. The van der Waals surface area contributed by atoms with Crippen LogP contribution in [0.4, 0.5) is 0 Å². The summed E-state index contributed by atoms with van der Waals surface area (Å²) < 4.78 is 2.54. The lowest BCUT2D eigenvalue weighted by Crippen LogP contribution is -2.55. The molecule has 2 heterocycles. The van der Waals surface area contributed by atoms with Gasteiger partial charge in [0.2, 0.25) is 0 Å². The molecular weight excluding hydrogens is 306 g/mol. The van der Waals surface area contributed by atoms with Crippen molar-refractivity contribution in [3.05, 3.63) is 11.6 Å². The van der Waals surface area contributed by atoms with E-state index in [9.17, 15) is 0 Å². The van der Waals surface area contributed by atoms with Crippen LogP contribution in [0.1, 0.15) is 96.1 Å². The summed E-state index contributed by atoms with van der Waals surface area (Å²) in [4.78, 5) is 0. The minimum atomic E-state index is 0.519. The van der Waals surface area contributed by atoms with Gasteiger partial charge in [-0.2, -0.15) is 0 Å². The standard InChI is InChI=1S/C22H35N3/c1-20-10-17-11-21(2,14-20)16-22(12-17,15-20)13-19-24-23-18-8-6-4-3-5-7-9-25(18)19/h17H,3-16H2,1-2H3. The van der Waals surface area contributed by atoms with E-state index in [1.807, 2.05) is 0 Å². The quantitative estimate of drug-likeness (QED) is 0.728. The molecule has 4 saturated carbocycles. The lowest BCUT2D eigenvalue weighted by Gasteiger charge is -2.65. The summed E-state index contributed by atoms with van der Waals surface area (Å²) in [5.41, 5.74) is 1.72. The van der Waals surface area contributed by atoms with Crippen LogP contribution in [0, 0.1) is 22.2 Å². The molecule has 138 valence electrons. The maximum Gasteiger partial charge on any atom is 0.133 e. The molecule has 0 N–H and O–H groups in total. The molecule has 4 aliphatic carbocycles. The van der Waals surface area contributed by atoms with Gasteiger partial charge in [-0.3, -0.25) is 0 Å². The minimum Gasteiger partial charge on any atom is -0.315 e. The van der Waals surface area contributed by atoms with Crippen molar-refractivity contribution in [2.45, 2.75) is 104 Å². The monoisotopic (exact) mass is 341 g/mol. The summed E-state index contributed by atoms with van der Waals surface area (Å²) >= 11 is 0. The molecular formula is C22H35N3. The number of hydrogen-bond acceptors (Lipinski definition) is 2. The van der Waals surface area contributed by atoms with Crippen LogP contribution in [-0.4, -0.2) is 14.8 Å². The fraction of sp³-hybridized carbons (Fsp3) is 0.909. The van der Waals surface area contributed by atoms with Crippen LogP contribution in [0.2, 0.25) is 0 Å². The topological polar surface area (TPSA) is 30.7 Å². The van der Waals surface area contributed by atoms with Crippen LogP contribution in [0.3, 0.4) is 0 Å². The molecule has 4 fully saturated rings. The first kappa shape index (κ1) is 16.3. The number of aryl methyl sites for hydroxylation is 1. The maximum absolute atomic E-state index is 4.75. The van der Waals surface area contributed by atoms with Crippen LogP contribution in [-0.2, 0) is 19.4 Å². The van der Waals surface area contributed by atoms with Gasteiger partial charge in [-0.15, -0.1) is 10.2 Å². The van der Waals surface area contributed by atoms with E-state index >= 15 is 0 Å².